The minimum atomic E-state index is -3.91. The molecule has 0 bridgehead atoms. The fraction of sp³-hybridized carbons (Fsp3) is 0.263. The molecule has 0 aliphatic heterocycles. The highest BCUT2D eigenvalue weighted by Crippen LogP contribution is 2.21. The molecule has 0 aliphatic rings. The highest BCUT2D eigenvalue weighted by atomic mass is 32.2. The van der Waals surface area contributed by atoms with Gasteiger partial charge in [0.05, 0.1) is 33.7 Å². The number of sulfone groups is 1. The van der Waals surface area contributed by atoms with E-state index in [1.54, 1.807) is 10.6 Å². The number of methoxy groups -OCH3 is 2. The number of carbonyl (C=O) groups excluding carboxylic acids is 1. The molecule has 0 spiro atoms. The van der Waals surface area contributed by atoms with Gasteiger partial charge in [0.1, 0.15) is 11.5 Å². The number of primary sulfonamides is 1. The lowest BCUT2D eigenvalue weighted by molar-refractivity contribution is -0.115. The first kappa shape index (κ1) is 24.1. The summed E-state index contributed by atoms with van der Waals surface area (Å²) in [7, 11) is -4.85. The lowest BCUT2D eigenvalue weighted by Crippen LogP contribution is -2.22. The molecule has 1 aromatic heterocycles. The number of amides is 1. The number of sulfonamides is 1. The SMILES string of the molecule is COCCn1c(=NC(=O)CS(=O)(=O)c2ccc(OC)cc2)sc2cc(S(N)(=O)=O)ccc21. The molecule has 3 rings (SSSR count). The van der Waals surface area contributed by atoms with Crippen molar-refractivity contribution in [2.45, 2.75) is 16.3 Å². The van der Waals surface area contributed by atoms with Crippen molar-refractivity contribution in [1.82, 2.24) is 4.57 Å². The molecule has 0 saturated carbocycles. The van der Waals surface area contributed by atoms with Crippen LogP contribution in [0.15, 0.2) is 57.2 Å². The summed E-state index contributed by atoms with van der Waals surface area (Å²) in [5, 5.41) is 5.19. The molecule has 0 saturated heterocycles. The molecule has 1 amide bonds. The van der Waals surface area contributed by atoms with E-state index in [-0.39, 0.29) is 14.6 Å². The Balaban J connectivity index is 2.00. The smallest absolute Gasteiger partial charge is 0.263 e. The van der Waals surface area contributed by atoms with Crippen LogP contribution >= 0.6 is 11.3 Å². The second-order valence-electron chi connectivity index (χ2n) is 6.64. The standard InChI is InChI=1S/C19H21N3O7S3/c1-28-10-9-22-16-8-7-15(32(20,26)27)11-17(16)30-19(22)21-18(23)12-31(24,25)14-5-3-13(29-2)4-6-14/h3-8,11H,9-10,12H2,1-2H3,(H2,20,26,27). The molecule has 0 unspecified atom stereocenters. The van der Waals surface area contributed by atoms with Crippen molar-refractivity contribution >= 4 is 47.3 Å². The molecule has 32 heavy (non-hydrogen) atoms. The van der Waals surface area contributed by atoms with Gasteiger partial charge in [-0.15, -0.1) is 0 Å². The molecular formula is C19H21N3O7S3. The third-order valence-corrected chi connectivity index (χ3v) is 8.02. The van der Waals surface area contributed by atoms with Gasteiger partial charge >= 0.3 is 0 Å². The molecule has 0 atom stereocenters. The summed E-state index contributed by atoms with van der Waals surface area (Å²) >= 11 is 1.05. The van der Waals surface area contributed by atoms with Crippen molar-refractivity contribution in [3.05, 3.63) is 47.3 Å². The van der Waals surface area contributed by atoms with E-state index in [9.17, 15) is 21.6 Å². The summed E-state index contributed by atoms with van der Waals surface area (Å²) in [6.45, 7) is 0.622. The van der Waals surface area contributed by atoms with Gasteiger partial charge in [-0.05, 0) is 42.5 Å². The normalized spacial score (nSPS) is 12.9. The number of hydrogen-bond donors (Lipinski definition) is 1. The van der Waals surface area contributed by atoms with E-state index in [1.807, 2.05) is 0 Å². The Morgan fingerprint density at radius 2 is 1.72 bits per heavy atom. The van der Waals surface area contributed by atoms with E-state index in [2.05, 4.69) is 4.99 Å². The lowest BCUT2D eigenvalue weighted by Gasteiger charge is -2.05. The predicted octanol–water partition coefficient (Wildman–Crippen LogP) is 0.906. The van der Waals surface area contributed by atoms with Gasteiger partial charge in [-0.2, -0.15) is 4.99 Å². The van der Waals surface area contributed by atoms with Crippen LogP contribution in [0.25, 0.3) is 10.2 Å². The van der Waals surface area contributed by atoms with Crippen molar-refractivity contribution in [1.29, 1.82) is 0 Å². The molecule has 172 valence electrons. The van der Waals surface area contributed by atoms with Crippen LogP contribution in [0.1, 0.15) is 0 Å². The maximum absolute atomic E-state index is 12.6. The molecule has 2 aromatic carbocycles. The zero-order valence-electron chi connectivity index (χ0n) is 17.2. The Bertz CT molecular complexity index is 1420. The van der Waals surface area contributed by atoms with Crippen LogP contribution in [0.5, 0.6) is 5.75 Å². The fourth-order valence-electron chi connectivity index (χ4n) is 2.88. The van der Waals surface area contributed by atoms with Crippen LogP contribution in [-0.4, -0.2) is 53.9 Å². The number of benzene rings is 2. The maximum Gasteiger partial charge on any atom is 0.263 e. The highest BCUT2D eigenvalue weighted by molar-refractivity contribution is 7.92. The first-order chi connectivity index (χ1) is 15.0. The molecule has 0 fully saturated rings. The summed E-state index contributed by atoms with van der Waals surface area (Å²) < 4.78 is 60.8. The number of nitrogens with zero attached hydrogens (tertiary/aromatic N) is 2. The second kappa shape index (κ2) is 9.50. The third kappa shape index (κ3) is 5.42. The van der Waals surface area contributed by atoms with E-state index in [1.165, 1.54) is 50.6 Å². The number of fused-ring (bicyclic) bond motifs is 1. The van der Waals surface area contributed by atoms with E-state index >= 15 is 0 Å². The second-order valence-corrected chi connectivity index (χ2v) is 11.2. The first-order valence-corrected chi connectivity index (χ1v) is 13.2. The Hall–Kier alpha value is -2.58. The lowest BCUT2D eigenvalue weighted by atomic mass is 10.3. The fourth-order valence-corrected chi connectivity index (χ4v) is 5.72. The van der Waals surface area contributed by atoms with Crippen molar-refractivity contribution < 1.29 is 31.1 Å². The monoisotopic (exact) mass is 499 g/mol. The molecule has 13 heteroatoms. The number of hydrogen-bond acceptors (Lipinski definition) is 8. The third-order valence-electron chi connectivity index (χ3n) is 4.45. The van der Waals surface area contributed by atoms with Gasteiger partial charge in [-0.3, -0.25) is 4.79 Å². The minimum Gasteiger partial charge on any atom is -0.497 e. The van der Waals surface area contributed by atoms with E-state index < -0.39 is 31.5 Å². The summed E-state index contributed by atoms with van der Waals surface area (Å²) in [5.74, 6) is -1.19. The van der Waals surface area contributed by atoms with Crippen molar-refractivity contribution in [3.8, 4) is 5.75 Å². The molecule has 0 radical (unpaired) electrons. The Morgan fingerprint density at radius 1 is 1.06 bits per heavy atom. The van der Waals surface area contributed by atoms with E-state index in [0.29, 0.717) is 29.1 Å². The first-order valence-electron chi connectivity index (χ1n) is 9.14. The zero-order valence-corrected chi connectivity index (χ0v) is 19.7. The highest BCUT2D eigenvalue weighted by Gasteiger charge is 2.20. The quantitative estimate of drug-likeness (QED) is 0.484. The van der Waals surface area contributed by atoms with Gasteiger partial charge in [0, 0.05) is 13.7 Å². The number of carbonyl (C=O) groups is 1. The number of ether oxygens (including phenoxy) is 2. The van der Waals surface area contributed by atoms with Gasteiger partial charge in [0.15, 0.2) is 14.6 Å². The van der Waals surface area contributed by atoms with Crippen LogP contribution in [0.4, 0.5) is 0 Å². The molecule has 1 heterocycles. The van der Waals surface area contributed by atoms with Gasteiger partial charge < -0.3 is 14.0 Å². The number of aromatic nitrogens is 1. The topological polar surface area (TPSA) is 147 Å². The summed E-state index contributed by atoms with van der Waals surface area (Å²) in [5.41, 5.74) is 0.615. The van der Waals surface area contributed by atoms with E-state index in [4.69, 9.17) is 14.6 Å². The zero-order chi connectivity index (χ0) is 23.5. The van der Waals surface area contributed by atoms with Crippen molar-refractivity contribution in [2.75, 3.05) is 26.6 Å². The maximum atomic E-state index is 12.6. The van der Waals surface area contributed by atoms with Gasteiger partial charge in [0.25, 0.3) is 5.91 Å². The Kier molecular flexibility index (Phi) is 7.15. The predicted molar refractivity (Wildman–Crippen MR) is 119 cm³/mol. The molecule has 10 nitrogen and oxygen atoms in total. The molecule has 2 N–H and O–H groups in total. The van der Waals surface area contributed by atoms with Gasteiger partial charge in [-0.25, -0.2) is 22.0 Å². The summed E-state index contributed by atoms with van der Waals surface area (Å²) in [6, 6.07) is 9.98. The van der Waals surface area contributed by atoms with Gasteiger partial charge in [0.2, 0.25) is 10.0 Å². The van der Waals surface area contributed by atoms with Crippen LogP contribution in [-0.2, 0) is 35.9 Å². The van der Waals surface area contributed by atoms with Crippen LogP contribution in [0.3, 0.4) is 0 Å². The van der Waals surface area contributed by atoms with Gasteiger partial charge in [-0.1, -0.05) is 11.3 Å². The largest absolute Gasteiger partial charge is 0.497 e. The number of rotatable bonds is 8. The Morgan fingerprint density at radius 3 is 2.31 bits per heavy atom. The Labute approximate surface area is 188 Å². The van der Waals surface area contributed by atoms with Crippen LogP contribution < -0.4 is 14.7 Å². The summed E-state index contributed by atoms with van der Waals surface area (Å²) in [4.78, 5) is 16.6. The van der Waals surface area contributed by atoms with Crippen molar-refractivity contribution in [3.63, 3.8) is 0 Å². The minimum absolute atomic E-state index is 0.0248. The average molecular weight is 500 g/mol. The van der Waals surface area contributed by atoms with Crippen LogP contribution in [0, 0.1) is 0 Å². The van der Waals surface area contributed by atoms with E-state index in [0.717, 1.165) is 11.3 Å². The van der Waals surface area contributed by atoms with Crippen LogP contribution in [0.2, 0.25) is 0 Å². The number of nitrogens with two attached hydrogens (primary N) is 1. The molecule has 3 aromatic rings. The molecule has 0 aliphatic carbocycles. The summed E-state index contributed by atoms with van der Waals surface area (Å²) in [6.07, 6.45) is 0. The molecular weight excluding hydrogens is 478 g/mol. The number of thiazole rings is 1. The van der Waals surface area contributed by atoms with Crippen molar-refractivity contribution in [2.24, 2.45) is 10.1 Å². The average Bonchev–Trinajstić information content (AvgIpc) is 3.07.